The SMILES string of the molecule is CN1CCCC(CCNC(=O)c2ccccc2-c2nn[nH]n2)C1. The Labute approximate surface area is 135 Å². The molecular formula is C16H22N6O. The largest absolute Gasteiger partial charge is 0.352 e. The second kappa shape index (κ2) is 7.32. The van der Waals surface area contributed by atoms with Crippen molar-refractivity contribution < 1.29 is 4.79 Å². The minimum absolute atomic E-state index is 0.0884. The molecule has 7 heteroatoms. The molecule has 0 bridgehead atoms. The molecule has 1 aliphatic rings. The van der Waals surface area contributed by atoms with Crippen molar-refractivity contribution in [2.45, 2.75) is 19.3 Å². The number of hydrogen-bond acceptors (Lipinski definition) is 5. The Kier molecular flexibility index (Phi) is 4.97. The van der Waals surface area contributed by atoms with Crippen LogP contribution in [0.4, 0.5) is 0 Å². The summed E-state index contributed by atoms with van der Waals surface area (Å²) in [7, 11) is 2.16. The summed E-state index contributed by atoms with van der Waals surface area (Å²) in [6.45, 7) is 2.99. The minimum atomic E-state index is -0.0884. The number of rotatable bonds is 5. The molecule has 0 radical (unpaired) electrons. The maximum Gasteiger partial charge on any atom is 0.252 e. The van der Waals surface area contributed by atoms with Crippen LogP contribution in [0.1, 0.15) is 29.6 Å². The van der Waals surface area contributed by atoms with Gasteiger partial charge >= 0.3 is 0 Å². The van der Waals surface area contributed by atoms with E-state index < -0.39 is 0 Å². The van der Waals surface area contributed by atoms with Crippen LogP contribution in [0.5, 0.6) is 0 Å². The van der Waals surface area contributed by atoms with Gasteiger partial charge < -0.3 is 10.2 Å². The van der Waals surface area contributed by atoms with Gasteiger partial charge in [-0.15, -0.1) is 10.2 Å². The van der Waals surface area contributed by atoms with Gasteiger partial charge in [-0.1, -0.05) is 18.2 Å². The van der Waals surface area contributed by atoms with E-state index >= 15 is 0 Å². The summed E-state index contributed by atoms with van der Waals surface area (Å²) >= 11 is 0. The fourth-order valence-electron chi connectivity index (χ4n) is 3.15. The first kappa shape index (κ1) is 15.6. The summed E-state index contributed by atoms with van der Waals surface area (Å²) in [5.41, 5.74) is 1.27. The molecule has 1 saturated heterocycles. The number of piperidine rings is 1. The van der Waals surface area contributed by atoms with E-state index in [4.69, 9.17) is 0 Å². The zero-order valence-electron chi connectivity index (χ0n) is 13.3. The van der Waals surface area contributed by atoms with Gasteiger partial charge in [0.15, 0.2) is 0 Å². The Balaban J connectivity index is 1.59. The Morgan fingerprint density at radius 1 is 1.43 bits per heavy atom. The van der Waals surface area contributed by atoms with Crippen molar-refractivity contribution in [1.82, 2.24) is 30.8 Å². The highest BCUT2D eigenvalue weighted by Crippen LogP contribution is 2.20. The van der Waals surface area contributed by atoms with Crippen LogP contribution >= 0.6 is 0 Å². The first-order valence-electron chi connectivity index (χ1n) is 8.03. The summed E-state index contributed by atoms with van der Waals surface area (Å²) in [6.07, 6.45) is 3.51. The molecule has 1 atom stereocenters. The summed E-state index contributed by atoms with van der Waals surface area (Å²) in [5.74, 6) is 1.01. The average molecular weight is 314 g/mol. The molecule has 2 aromatic rings. The van der Waals surface area contributed by atoms with Crippen LogP contribution in [0, 0.1) is 5.92 Å². The fraction of sp³-hybridized carbons (Fsp3) is 0.500. The monoisotopic (exact) mass is 314 g/mol. The molecule has 2 N–H and O–H groups in total. The normalized spacial score (nSPS) is 18.7. The second-order valence-electron chi connectivity index (χ2n) is 6.10. The quantitative estimate of drug-likeness (QED) is 0.869. The molecule has 1 aromatic carbocycles. The standard InChI is InChI=1S/C16H22N6O/c1-22-10-4-5-12(11-22)8-9-17-16(23)14-7-3-2-6-13(14)15-18-20-21-19-15/h2-3,6-7,12H,4-5,8-11H2,1H3,(H,17,23)(H,18,19,20,21). The van der Waals surface area contributed by atoms with E-state index in [1.54, 1.807) is 6.07 Å². The van der Waals surface area contributed by atoms with E-state index in [2.05, 4.69) is 37.9 Å². The highest BCUT2D eigenvalue weighted by atomic mass is 16.1. The average Bonchev–Trinajstić information content (AvgIpc) is 3.09. The Bertz CT molecular complexity index is 642. The summed E-state index contributed by atoms with van der Waals surface area (Å²) < 4.78 is 0. The Hall–Kier alpha value is -2.28. The summed E-state index contributed by atoms with van der Waals surface area (Å²) in [6, 6.07) is 7.32. The molecule has 2 heterocycles. The van der Waals surface area contributed by atoms with Crippen LogP contribution in [0.25, 0.3) is 11.4 Å². The fourth-order valence-corrected chi connectivity index (χ4v) is 3.15. The highest BCUT2D eigenvalue weighted by Gasteiger charge is 2.18. The molecule has 1 aromatic heterocycles. The maximum absolute atomic E-state index is 12.5. The number of carbonyl (C=O) groups is 1. The van der Waals surface area contributed by atoms with Crippen LogP contribution in [0.2, 0.25) is 0 Å². The van der Waals surface area contributed by atoms with Gasteiger partial charge in [-0.05, 0) is 50.1 Å². The molecule has 7 nitrogen and oxygen atoms in total. The number of hydrogen-bond donors (Lipinski definition) is 2. The van der Waals surface area contributed by atoms with E-state index in [0.29, 0.717) is 29.4 Å². The number of benzene rings is 1. The Morgan fingerprint density at radius 3 is 3.09 bits per heavy atom. The molecule has 1 amide bonds. The van der Waals surface area contributed by atoms with Crippen molar-refractivity contribution in [3.63, 3.8) is 0 Å². The molecule has 1 aliphatic heterocycles. The molecular weight excluding hydrogens is 292 g/mol. The van der Waals surface area contributed by atoms with Crippen LogP contribution in [0.15, 0.2) is 24.3 Å². The Morgan fingerprint density at radius 2 is 2.30 bits per heavy atom. The van der Waals surface area contributed by atoms with Gasteiger partial charge in [-0.25, -0.2) is 0 Å². The van der Waals surface area contributed by atoms with Gasteiger partial charge in [0.25, 0.3) is 5.91 Å². The van der Waals surface area contributed by atoms with Gasteiger partial charge in [-0.3, -0.25) is 4.79 Å². The third-order valence-electron chi connectivity index (χ3n) is 4.32. The van der Waals surface area contributed by atoms with Crippen molar-refractivity contribution in [2.24, 2.45) is 5.92 Å². The van der Waals surface area contributed by atoms with E-state index in [9.17, 15) is 4.79 Å². The van der Waals surface area contributed by atoms with Gasteiger partial charge in [0, 0.05) is 18.7 Å². The zero-order chi connectivity index (χ0) is 16.1. The number of nitrogens with zero attached hydrogens (tertiary/aromatic N) is 4. The summed E-state index contributed by atoms with van der Waals surface area (Å²) in [5, 5.41) is 16.9. The maximum atomic E-state index is 12.5. The number of carbonyl (C=O) groups excluding carboxylic acids is 1. The number of aromatic amines is 1. The number of tetrazole rings is 1. The van der Waals surface area contributed by atoms with Gasteiger partial charge in [0.1, 0.15) is 0 Å². The van der Waals surface area contributed by atoms with E-state index in [-0.39, 0.29) is 5.91 Å². The van der Waals surface area contributed by atoms with Crippen LogP contribution in [-0.2, 0) is 0 Å². The second-order valence-corrected chi connectivity index (χ2v) is 6.10. The summed E-state index contributed by atoms with van der Waals surface area (Å²) in [4.78, 5) is 14.8. The predicted octanol–water partition coefficient (Wildman–Crippen LogP) is 1.33. The third kappa shape index (κ3) is 3.92. The van der Waals surface area contributed by atoms with Crippen LogP contribution < -0.4 is 5.32 Å². The highest BCUT2D eigenvalue weighted by molar-refractivity contribution is 6.00. The lowest BCUT2D eigenvalue weighted by atomic mass is 9.95. The van der Waals surface area contributed by atoms with E-state index in [1.807, 2.05) is 18.2 Å². The first-order valence-corrected chi connectivity index (χ1v) is 8.03. The molecule has 122 valence electrons. The van der Waals surface area contributed by atoms with Crippen LogP contribution in [0.3, 0.4) is 0 Å². The molecule has 0 spiro atoms. The molecule has 3 rings (SSSR count). The third-order valence-corrected chi connectivity index (χ3v) is 4.32. The number of nitrogens with one attached hydrogen (secondary N) is 2. The molecule has 23 heavy (non-hydrogen) atoms. The smallest absolute Gasteiger partial charge is 0.252 e. The van der Waals surface area contributed by atoms with Crippen molar-refractivity contribution >= 4 is 5.91 Å². The lowest BCUT2D eigenvalue weighted by molar-refractivity contribution is 0.0949. The van der Waals surface area contributed by atoms with Gasteiger partial charge in [-0.2, -0.15) is 5.21 Å². The number of H-pyrrole nitrogens is 1. The number of likely N-dealkylation sites (tertiary alicyclic amines) is 1. The van der Waals surface area contributed by atoms with Crippen molar-refractivity contribution in [1.29, 1.82) is 0 Å². The van der Waals surface area contributed by atoms with E-state index in [0.717, 1.165) is 13.0 Å². The van der Waals surface area contributed by atoms with Crippen molar-refractivity contribution in [3.8, 4) is 11.4 Å². The van der Waals surface area contributed by atoms with Gasteiger partial charge in [0.05, 0.1) is 5.56 Å². The number of amides is 1. The van der Waals surface area contributed by atoms with E-state index in [1.165, 1.54) is 19.4 Å². The molecule has 0 aliphatic carbocycles. The van der Waals surface area contributed by atoms with Gasteiger partial charge in [0.2, 0.25) is 5.82 Å². The van der Waals surface area contributed by atoms with Crippen molar-refractivity contribution in [2.75, 3.05) is 26.7 Å². The lowest BCUT2D eigenvalue weighted by Crippen LogP contribution is -2.34. The lowest BCUT2D eigenvalue weighted by Gasteiger charge is -2.29. The topological polar surface area (TPSA) is 86.8 Å². The molecule has 1 unspecified atom stereocenters. The first-order chi connectivity index (χ1) is 11.2. The molecule has 1 fully saturated rings. The van der Waals surface area contributed by atoms with Crippen molar-refractivity contribution in [3.05, 3.63) is 29.8 Å². The number of aromatic nitrogens is 4. The van der Waals surface area contributed by atoms with Crippen LogP contribution in [-0.4, -0.2) is 58.1 Å². The minimum Gasteiger partial charge on any atom is -0.352 e. The zero-order valence-corrected chi connectivity index (χ0v) is 13.3. The molecule has 0 saturated carbocycles. The predicted molar refractivity (Wildman–Crippen MR) is 86.8 cm³/mol.